The molecule has 1 N–H and O–H groups in total. The third-order valence-corrected chi connectivity index (χ3v) is 2.56. The lowest BCUT2D eigenvalue weighted by Gasteiger charge is -2.22. The van der Waals surface area contributed by atoms with E-state index < -0.39 is 34.9 Å². The summed E-state index contributed by atoms with van der Waals surface area (Å²) in [5, 5.41) is 11.6. The first-order valence-corrected chi connectivity index (χ1v) is 6.37. The Kier molecular flexibility index (Phi) is 5.02. The summed E-state index contributed by atoms with van der Waals surface area (Å²) in [4.78, 5) is 15.6. The van der Waals surface area contributed by atoms with Crippen molar-refractivity contribution >= 4 is 11.7 Å². The summed E-state index contributed by atoms with van der Waals surface area (Å²) >= 11 is 0. The van der Waals surface area contributed by atoms with E-state index in [0.29, 0.717) is 0 Å². The van der Waals surface area contributed by atoms with Gasteiger partial charge >= 0.3 is 12.1 Å². The molecule has 0 amide bonds. The van der Waals surface area contributed by atoms with Gasteiger partial charge in [-0.25, -0.2) is 0 Å². The Hall–Kier alpha value is -2.30. The van der Waals surface area contributed by atoms with Gasteiger partial charge in [0, 0.05) is 7.05 Å². The van der Waals surface area contributed by atoms with Crippen molar-refractivity contribution in [3.63, 3.8) is 0 Å². The molecular weight excluding hydrogens is 299 g/mol. The van der Waals surface area contributed by atoms with E-state index in [1.165, 1.54) is 13.1 Å². The summed E-state index contributed by atoms with van der Waals surface area (Å²) in [6.07, 6.45) is -3.62. The van der Waals surface area contributed by atoms with Gasteiger partial charge in [-0.1, -0.05) is 0 Å². The van der Waals surface area contributed by atoms with Crippen molar-refractivity contribution in [3.05, 3.63) is 23.5 Å². The van der Waals surface area contributed by atoms with E-state index in [1.807, 2.05) is 0 Å². The van der Waals surface area contributed by atoms with Crippen LogP contribution in [0, 0.1) is 11.3 Å². The van der Waals surface area contributed by atoms with Gasteiger partial charge in [-0.2, -0.15) is 18.4 Å². The van der Waals surface area contributed by atoms with Crippen LogP contribution in [0.15, 0.2) is 12.3 Å². The zero-order valence-corrected chi connectivity index (χ0v) is 12.6. The number of nitriles is 1. The fraction of sp³-hybridized carbons (Fsp3) is 0.500. The number of halogens is 3. The highest BCUT2D eigenvalue weighted by Gasteiger charge is 2.40. The second kappa shape index (κ2) is 6.22. The maximum Gasteiger partial charge on any atom is 0.418 e. The number of hydrogen-bond donors (Lipinski definition) is 1. The van der Waals surface area contributed by atoms with Gasteiger partial charge in [0.25, 0.3) is 0 Å². The van der Waals surface area contributed by atoms with Gasteiger partial charge in [0.2, 0.25) is 0 Å². The molecule has 120 valence electrons. The number of hydrogen-bond acceptors (Lipinski definition) is 5. The molecule has 0 aliphatic carbocycles. The number of carbonyl (C=O) groups excluding carboxylic acids is 1. The number of nitrogens with zero attached hydrogens (tertiary/aromatic N) is 2. The van der Waals surface area contributed by atoms with Crippen molar-refractivity contribution in [1.82, 2.24) is 4.98 Å². The Labute approximate surface area is 126 Å². The quantitative estimate of drug-likeness (QED) is 0.868. The monoisotopic (exact) mass is 315 g/mol. The van der Waals surface area contributed by atoms with Crippen LogP contribution in [0.4, 0.5) is 18.9 Å². The Bertz CT molecular complexity index is 601. The summed E-state index contributed by atoms with van der Waals surface area (Å²) in [6, 6.07) is 2.34. The first kappa shape index (κ1) is 17.8. The first-order chi connectivity index (χ1) is 9.99. The highest BCUT2D eigenvalue weighted by atomic mass is 19.4. The van der Waals surface area contributed by atoms with E-state index in [-0.39, 0.29) is 5.69 Å². The molecule has 1 aromatic heterocycles. The lowest BCUT2D eigenvalue weighted by molar-refractivity contribution is -0.155. The number of anilines is 1. The third-order valence-electron chi connectivity index (χ3n) is 2.56. The van der Waals surface area contributed by atoms with E-state index in [2.05, 4.69) is 10.3 Å². The predicted octanol–water partition coefficient (Wildman–Crippen LogP) is 3.09. The van der Waals surface area contributed by atoms with Crippen LogP contribution in [0.3, 0.4) is 0 Å². The van der Waals surface area contributed by atoms with E-state index >= 15 is 0 Å². The highest BCUT2D eigenvalue weighted by Crippen LogP contribution is 2.36. The van der Waals surface area contributed by atoms with Crippen molar-refractivity contribution in [2.24, 2.45) is 0 Å². The van der Waals surface area contributed by atoms with E-state index in [9.17, 15) is 18.0 Å². The number of carbonyl (C=O) groups is 1. The van der Waals surface area contributed by atoms with Crippen molar-refractivity contribution in [2.75, 3.05) is 12.4 Å². The number of esters is 1. The molecular formula is C14H16F3N3O2. The van der Waals surface area contributed by atoms with Crippen LogP contribution < -0.4 is 5.32 Å². The molecule has 1 atom stereocenters. The largest absolute Gasteiger partial charge is 0.459 e. The molecule has 0 spiro atoms. The number of pyridine rings is 1. The topological polar surface area (TPSA) is 75.0 Å². The Balaban J connectivity index is 3.34. The maximum absolute atomic E-state index is 13.1. The van der Waals surface area contributed by atoms with Crippen LogP contribution in [-0.2, 0) is 15.7 Å². The number of aromatic nitrogens is 1. The molecule has 1 aromatic rings. The Morgan fingerprint density at radius 2 is 2.00 bits per heavy atom. The van der Waals surface area contributed by atoms with Crippen LogP contribution in [0.5, 0.6) is 0 Å². The summed E-state index contributed by atoms with van der Waals surface area (Å²) in [7, 11) is 1.44. The molecule has 0 aliphatic rings. The maximum atomic E-state index is 13.1. The van der Waals surface area contributed by atoms with Gasteiger partial charge in [-0.15, -0.1) is 0 Å². The van der Waals surface area contributed by atoms with Gasteiger partial charge in [0.1, 0.15) is 5.60 Å². The Morgan fingerprint density at radius 1 is 1.41 bits per heavy atom. The molecule has 1 heterocycles. The molecule has 0 fully saturated rings. The molecule has 0 radical (unpaired) electrons. The smallest absolute Gasteiger partial charge is 0.418 e. The molecule has 1 unspecified atom stereocenters. The summed E-state index contributed by atoms with van der Waals surface area (Å²) < 4.78 is 44.4. The fourth-order valence-electron chi connectivity index (χ4n) is 1.66. The predicted molar refractivity (Wildman–Crippen MR) is 73.0 cm³/mol. The minimum absolute atomic E-state index is 0.122. The van der Waals surface area contributed by atoms with Gasteiger partial charge in [-0.05, 0) is 26.8 Å². The van der Waals surface area contributed by atoms with Crippen LogP contribution in [0.2, 0.25) is 0 Å². The third kappa shape index (κ3) is 4.35. The molecule has 0 saturated carbocycles. The number of alkyl halides is 3. The van der Waals surface area contributed by atoms with Crippen LogP contribution in [0.25, 0.3) is 0 Å². The van der Waals surface area contributed by atoms with Crippen molar-refractivity contribution in [3.8, 4) is 6.07 Å². The molecule has 8 heteroatoms. The highest BCUT2D eigenvalue weighted by molar-refractivity contribution is 5.81. The summed E-state index contributed by atoms with van der Waals surface area (Å²) in [6.45, 7) is 4.67. The normalized spacial score (nSPS) is 13.2. The minimum Gasteiger partial charge on any atom is -0.459 e. The zero-order valence-electron chi connectivity index (χ0n) is 12.6. The molecule has 0 bridgehead atoms. The van der Waals surface area contributed by atoms with Gasteiger partial charge in [-0.3, -0.25) is 9.78 Å². The van der Waals surface area contributed by atoms with Gasteiger partial charge in [0.15, 0.2) is 5.92 Å². The molecule has 5 nitrogen and oxygen atoms in total. The van der Waals surface area contributed by atoms with Crippen molar-refractivity contribution in [1.29, 1.82) is 5.26 Å². The average Bonchev–Trinajstić information content (AvgIpc) is 2.36. The van der Waals surface area contributed by atoms with Gasteiger partial charge < -0.3 is 10.1 Å². The minimum atomic E-state index is -4.74. The average molecular weight is 315 g/mol. The molecule has 1 rings (SSSR count). The first-order valence-electron chi connectivity index (χ1n) is 6.37. The lowest BCUT2D eigenvalue weighted by atomic mass is 10.00. The zero-order chi connectivity index (χ0) is 17.1. The summed E-state index contributed by atoms with van der Waals surface area (Å²) in [5.41, 5.74) is -2.60. The van der Waals surface area contributed by atoms with Crippen LogP contribution in [-0.4, -0.2) is 23.6 Å². The lowest BCUT2D eigenvalue weighted by Crippen LogP contribution is -2.29. The van der Waals surface area contributed by atoms with Gasteiger partial charge in [0.05, 0.1) is 29.2 Å². The van der Waals surface area contributed by atoms with E-state index in [1.54, 1.807) is 20.8 Å². The fourth-order valence-corrected chi connectivity index (χ4v) is 1.66. The number of ether oxygens (including phenoxy) is 1. The van der Waals surface area contributed by atoms with Crippen molar-refractivity contribution in [2.45, 2.75) is 38.5 Å². The second-order valence-electron chi connectivity index (χ2n) is 5.50. The second-order valence-corrected chi connectivity index (χ2v) is 5.50. The van der Waals surface area contributed by atoms with Crippen molar-refractivity contribution < 1.29 is 22.7 Å². The van der Waals surface area contributed by atoms with E-state index in [0.717, 1.165) is 12.3 Å². The van der Waals surface area contributed by atoms with Crippen LogP contribution >= 0.6 is 0 Å². The molecule has 0 aliphatic heterocycles. The van der Waals surface area contributed by atoms with E-state index in [4.69, 9.17) is 10.00 Å². The summed E-state index contributed by atoms with van der Waals surface area (Å²) in [5.74, 6) is -2.81. The molecule has 0 aromatic carbocycles. The number of rotatable bonds is 3. The number of nitrogens with one attached hydrogen (secondary N) is 1. The SMILES string of the molecule is CNc1cnc(C(C#N)C(=O)OC(C)(C)C)c(C(F)(F)F)c1. The molecule has 0 saturated heterocycles. The molecule has 22 heavy (non-hydrogen) atoms. The Morgan fingerprint density at radius 3 is 2.41 bits per heavy atom. The van der Waals surface area contributed by atoms with Crippen LogP contribution in [0.1, 0.15) is 37.9 Å². The standard InChI is InChI=1S/C14H16F3N3O2/c1-13(2,3)22-12(21)9(6-18)11-10(14(15,16)17)5-8(19-4)7-20-11/h5,7,9,19H,1-4H3.